The highest BCUT2D eigenvalue weighted by atomic mass is 32.2. The van der Waals surface area contributed by atoms with E-state index in [0.717, 1.165) is 25.7 Å². The number of ether oxygens (including phenoxy) is 1. The third-order valence-electron chi connectivity index (χ3n) is 3.89. The van der Waals surface area contributed by atoms with Gasteiger partial charge in [0.2, 0.25) is 10.0 Å². The summed E-state index contributed by atoms with van der Waals surface area (Å²) in [6.07, 6.45) is 4.06. The molecule has 0 heterocycles. The lowest BCUT2D eigenvalue weighted by Crippen LogP contribution is -2.40. The van der Waals surface area contributed by atoms with E-state index < -0.39 is 10.0 Å². The fourth-order valence-corrected chi connectivity index (χ4v) is 4.11. The summed E-state index contributed by atoms with van der Waals surface area (Å²) in [5, 5.41) is 0. The molecule has 0 aliphatic heterocycles. The second kappa shape index (κ2) is 7.20. The summed E-state index contributed by atoms with van der Waals surface area (Å²) < 4.78 is 31.6. The molecule has 112 valence electrons. The minimum absolute atomic E-state index is 0.0397. The van der Waals surface area contributed by atoms with Gasteiger partial charge in [-0.25, -0.2) is 13.1 Å². The fraction of sp³-hybridized carbons (Fsp3) is 0.600. The van der Waals surface area contributed by atoms with Gasteiger partial charge in [0.25, 0.3) is 0 Å². The van der Waals surface area contributed by atoms with Crippen molar-refractivity contribution in [3.05, 3.63) is 35.9 Å². The van der Waals surface area contributed by atoms with E-state index in [4.69, 9.17) is 4.74 Å². The van der Waals surface area contributed by atoms with Crippen LogP contribution in [0.3, 0.4) is 0 Å². The van der Waals surface area contributed by atoms with Gasteiger partial charge in [0, 0.05) is 13.2 Å². The predicted octanol–water partition coefficient (Wildman–Crippen LogP) is 1.96. The van der Waals surface area contributed by atoms with Crippen molar-refractivity contribution in [2.24, 2.45) is 5.92 Å². The Hall–Kier alpha value is -0.910. The largest absolute Gasteiger partial charge is 0.384 e. The minimum Gasteiger partial charge on any atom is -0.384 e. The third kappa shape index (κ3) is 4.58. The van der Waals surface area contributed by atoms with Crippen molar-refractivity contribution < 1.29 is 13.2 Å². The zero-order valence-electron chi connectivity index (χ0n) is 11.9. The summed E-state index contributed by atoms with van der Waals surface area (Å²) in [5.74, 6) is 0.438. The number of hydrogen-bond acceptors (Lipinski definition) is 3. The van der Waals surface area contributed by atoms with Gasteiger partial charge in [-0.05, 0) is 30.7 Å². The second-order valence-electron chi connectivity index (χ2n) is 5.42. The molecule has 1 saturated carbocycles. The summed E-state index contributed by atoms with van der Waals surface area (Å²) in [7, 11) is -1.71. The highest BCUT2D eigenvalue weighted by Crippen LogP contribution is 2.29. The monoisotopic (exact) mass is 297 g/mol. The fourth-order valence-electron chi connectivity index (χ4n) is 2.84. The number of nitrogens with one attached hydrogen (secondary N) is 1. The molecule has 2 atom stereocenters. The van der Waals surface area contributed by atoms with Crippen LogP contribution < -0.4 is 4.72 Å². The first-order valence-electron chi connectivity index (χ1n) is 7.13. The molecule has 0 aromatic heterocycles. The Balaban J connectivity index is 1.94. The summed E-state index contributed by atoms with van der Waals surface area (Å²) in [6, 6.07) is 10.3. The second-order valence-corrected chi connectivity index (χ2v) is 7.29. The molecule has 1 fully saturated rings. The topological polar surface area (TPSA) is 55.4 Å². The van der Waals surface area contributed by atoms with Crippen molar-refractivity contribution >= 4 is 10.0 Å². The molecule has 20 heavy (non-hydrogen) atoms. The van der Waals surface area contributed by atoms with Crippen LogP contribution in [0, 0.1) is 5.92 Å². The van der Waals surface area contributed by atoms with Crippen molar-refractivity contribution in [2.75, 3.05) is 19.5 Å². The highest BCUT2D eigenvalue weighted by Gasteiger charge is 2.30. The van der Waals surface area contributed by atoms with Crippen LogP contribution in [-0.4, -0.2) is 33.9 Å². The van der Waals surface area contributed by atoms with E-state index in [-0.39, 0.29) is 18.4 Å². The lowest BCUT2D eigenvalue weighted by molar-refractivity contribution is 0.216. The van der Waals surface area contributed by atoms with E-state index in [2.05, 4.69) is 16.9 Å². The number of methoxy groups -OCH3 is 1. The summed E-state index contributed by atoms with van der Waals surface area (Å²) in [6.45, 7) is 0.241. The van der Waals surface area contributed by atoms with E-state index in [0.29, 0.717) is 5.92 Å². The normalized spacial score (nSPS) is 23.1. The van der Waals surface area contributed by atoms with Crippen molar-refractivity contribution in [1.82, 2.24) is 4.72 Å². The van der Waals surface area contributed by atoms with E-state index in [9.17, 15) is 8.42 Å². The molecule has 4 nitrogen and oxygen atoms in total. The number of rotatable bonds is 7. The molecule has 2 rings (SSSR count). The van der Waals surface area contributed by atoms with Gasteiger partial charge in [0.15, 0.2) is 0 Å². The van der Waals surface area contributed by atoms with Crippen molar-refractivity contribution in [2.45, 2.75) is 31.7 Å². The Morgan fingerprint density at radius 3 is 2.70 bits per heavy atom. The molecule has 1 aromatic carbocycles. The van der Waals surface area contributed by atoms with Crippen molar-refractivity contribution in [3.8, 4) is 0 Å². The number of hydrogen-bond donors (Lipinski definition) is 1. The van der Waals surface area contributed by atoms with Gasteiger partial charge in [0.05, 0.1) is 12.4 Å². The number of benzene rings is 1. The average Bonchev–Trinajstić information content (AvgIpc) is 2.84. The first-order valence-corrected chi connectivity index (χ1v) is 8.79. The predicted molar refractivity (Wildman–Crippen MR) is 80.1 cm³/mol. The Bertz CT molecular complexity index is 501. The molecule has 0 radical (unpaired) electrons. The SMILES string of the molecule is COCCS(=O)(=O)NC1CCCC1Cc1ccccc1. The maximum Gasteiger partial charge on any atom is 0.214 e. The van der Waals surface area contributed by atoms with Crippen LogP contribution in [0.1, 0.15) is 24.8 Å². The van der Waals surface area contributed by atoms with Crippen LogP contribution in [0.4, 0.5) is 0 Å². The average molecular weight is 297 g/mol. The Morgan fingerprint density at radius 2 is 2.00 bits per heavy atom. The van der Waals surface area contributed by atoms with Gasteiger partial charge >= 0.3 is 0 Å². The Kier molecular flexibility index (Phi) is 5.57. The maximum absolute atomic E-state index is 12.0. The molecule has 0 amide bonds. The summed E-state index contributed by atoms with van der Waals surface area (Å²) in [4.78, 5) is 0. The lowest BCUT2D eigenvalue weighted by Gasteiger charge is -2.21. The van der Waals surface area contributed by atoms with Gasteiger partial charge in [-0.3, -0.25) is 0 Å². The lowest BCUT2D eigenvalue weighted by atomic mass is 9.95. The van der Waals surface area contributed by atoms with E-state index in [1.54, 1.807) is 0 Å². The Morgan fingerprint density at radius 1 is 1.25 bits per heavy atom. The van der Waals surface area contributed by atoms with Crippen LogP contribution in [0.15, 0.2) is 30.3 Å². The molecule has 2 unspecified atom stereocenters. The van der Waals surface area contributed by atoms with Crippen LogP contribution in [-0.2, 0) is 21.2 Å². The smallest absolute Gasteiger partial charge is 0.214 e. The first kappa shape index (κ1) is 15.5. The van der Waals surface area contributed by atoms with Crippen molar-refractivity contribution in [3.63, 3.8) is 0 Å². The molecule has 1 aliphatic rings. The first-order chi connectivity index (χ1) is 9.61. The van der Waals surface area contributed by atoms with E-state index in [1.807, 2.05) is 18.2 Å². The third-order valence-corrected chi connectivity index (χ3v) is 5.25. The Labute approximate surface area is 121 Å². The van der Waals surface area contributed by atoms with Gasteiger partial charge < -0.3 is 4.74 Å². The zero-order chi connectivity index (χ0) is 14.4. The maximum atomic E-state index is 12.0. The molecule has 0 spiro atoms. The van der Waals surface area contributed by atoms with Gasteiger partial charge in [-0.15, -0.1) is 0 Å². The minimum atomic E-state index is -3.23. The van der Waals surface area contributed by atoms with Crippen LogP contribution in [0.5, 0.6) is 0 Å². The quantitative estimate of drug-likeness (QED) is 0.837. The molecule has 5 heteroatoms. The van der Waals surface area contributed by atoms with E-state index in [1.165, 1.54) is 12.7 Å². The van der Waals surface area contributed by atoms with Gasteiger partial charge in [0.1, 0.15) is 0 Å². The van der Waals surface area contributed by atoms with Crippen molar-refractivity contribution in [1.29, 1.82) is 0 Å². The molecule has 1 aliphatic carbocycles. The highest BCUT2D eigenvalue weighted by molar-refractivity contribution is 7.89. The summed E-state index contributed by atoms with van der Waals surface area (Å²) in [5.41, 5.74) is 1.28. The molecular formula is C15H23NO3S. The van der Waals surface area contributed by atoms with Crippen LogP contribution >= 0.6 is 0 Å². The van der Waals surface area contributed by atoms with Gasteiger partial charge in [-0.2, -0.15) is 0 Å². The van der Waals surface area contributed by atoms with Gasteiger partial charge in [-0.1, -0.05) is 36.8 Å². The van der Waals surface area contributed by atoms with Crippen LogP contribution in [0.25, 0.3) is 0 Å². The summed E-state index contributed by atoms with van der Waals surface area (Å²) >= 11 is 0. The molecule has 1 N–H and O–H groups in total. The molecule has 1 aromatic rings. The van der Waals surface area contributed by atoms with E-state index >= 15 is 0 Å². The number of sulfonamides is 1. The molecule has 0 bridgehead atoms. The zero-order valence-corrected chi connectivity index (χ0v) is 12.7. The standard InChI is InChI=1S/C15H23NO3S/c1-19-10-11-20(17,18)16-15-9-5-8-14(15)12-13-6-3-2-4-7-13/h2-4,6-7,14-16H,5,8-12H2,1H3. The molecular weight excluding hydrogens is 274 g/mol. The van der Waals surface area contributed by atoms with Crippen LogP contribution in [0.2, 0.25) is 0 Å². The molecule has 0 saturated heterocycles.